The van der Waals surface area contributed by atoms with Gasteiger partial charge in [-0.3, -0.25) is 4.79 Å². The number of nitrogens with one attached hydrogen (secondary N) is 1. The number of benzene rings is 2. The Balaban J connectivity index is 2.00. The van der Waals surface area contributed by atoms with Crippen molar-refractivity contribution in [2.75, 3.05) is 5.32 Å². The van der Waals surface area contributed by atoms with Crippen molar-refractivity contribution in [2.45, 2.75) is 31.6 Å². The number of thiocyanates is 1. The molecule has 0 unspecified atom stereocenters. The van der Waals surface area contributed by atoms with Gasteiger partial charge < -0.3 is 5.32 Å². The minimum absolute atomic E-state index is 0.00652. The zero-order valence-electron chi connectivity index (χ0n) is 12.7. The molecule has 0 atom stereocenters. The molecular weight excluding hydrogens is 292 g/mol. The number of nitrogens with zero attached hydrogens (tertiary/aromatic N) is 1. The Morgan fingerprint density at radius 2 is 1.91 bits per heavy atom. The van der Waals surface area contributed by atoms with Crippen LogP contribution in [-0.4, -0.2) is 5.91 Å². The first-order valence-electron chi connectivity index (χ1n) is 7.11. The van der Waals surface area contributed by atoms with Gasteiger partial charge in [0.25, 0.3) is 0 Å². The van der Waals surface area contributed by atoms with Crippen LogP contribution in [0.25, 0.3) is 0 Å². The number of nitriles is 1. The molecule has 22 heavy (non-hydrogen) atoms. The molecule has 0 aliphatic heterocycles. The average molecular weight is 310 g/mol. The van der Waals surface area contributed by atoms with Gasteiger partial charge in [0.05, 0.1) is 0 Å². The molecule has 0 radical (unpaired) electrons. The molecule has 0 spiro atoms. The Kier molecular flexibility index (Phi) is 5.62. The minimum Gasteiger partial charge on any atom is -0.326 e. The number of carbonyl (C=O) groups is 1. The van der Waals surface area contributed by atoms with Crippen LogP contribution >= 0.6 is 11.8 Å². The average Bonchev–Trinajstić information content (AvgIpc) is 2.51. The molecule has 0 bridgehead atoms. The maximum atomic E-state index is 12.1. The highest BCUT2D eigenvalue weighted by Gasteiger charge is 2.08. The SMILES string of the molecule is Cc1cc(SC#N)c(C)cc1NC(=O)CCc1ccccc1. The maximum absolute atomic E-state index is 12.1. The molecule has 0 aromatic heterocycles. The Hall–Kier alpha value is -2.25. The normalized spacial score (nSPS) is 10.0. The van der Waals surface area contributed by atoms with Crippen molar-refractivity contribution in [3.8, 4) is 5.40 Å². The van der Waals surface area contributed by atoms with Crippen molar-refractivity contribution in [1.82, 2.24) is 0 Å². The molecular formula is C18H18N2OS. The molecule has 2 aromatic carbocycles. The lowest BCUT2D eigenvalue weighted by molar-refractivity contribution is -0.116. The van der Waals surface area contributed by atoms with E-state index in [2.05, 4.69) is 10.7 Å². The van der Waals surface area contributed by atoms with E-state index in [0.717, 1.165) is 45.5 Å². The van der Waals surface area contributed by atoms with Gasteiger partial charge in [-0.05, 0) is 60.9 Å². The van der Waals surface area contributed by atoms with Gasteiger partial charge in [0, 0.05) is 17.0 Å². The molecule has 1 N–H and O–H groups in total. The van der Waals surface area contributed by atoms with Crippen LogP contribution in [0.3, 0.4) is 0 Å². The number of rotatable bonds is 5. The van der Waals surface area contributed by atoms with Crippen LogP contribution in [0.1, 0.15) is 23.1 Å². The fourth-order valence-corrected chi connectivity index (χ4v) is 2.75. The number of anilines is 1. The second-order valence-corrected chi connectivity index (χ2v) is 5.99. The number of hydrogen-bond donors (Lipinski definition) is 1. The van der Waals surface area contributed by atoms with E-state index in [1.165, 1.54) is 0 Å². The van der Waals surface area contributed by atoms with Crippen molar-refractivity contribution in [3.63, 3.8) is 0 Å². The largest absolute Gasteiger partial charge is 0.326 e. The molecule has 112 valence electrons. The van der Waals surface area contributed by atoms with E-state index in [1.54, 1.807) is 0 Å². The summed E-state index contributed by atoms with van der Waals surface area (Å²) in [7, 11) is 0. The number of thioether (sulfide) groups is 1. The Morgan fingerprint density at radius 3 is 2.59 bits per heavy atom. The molecule has 0 saturated carbocycles. The van der Waals surface area contributed by atoms with E-state index in [4.69, 9.17) is 5.26 Å². The first-order valence-corrected chi connectivity index (χ1v) is 7.92. The highest BCUT2D eigenvalue weighted by atomic mass is 32.2. The van der Waals surface area contributed by atoms with Gasteiger partial charge in [-0.25, -0.2) is 0 Å². The number of carbonyl (C=O) groups excluding carboxylic acids is 1. The lowest BCUT2D eigenvalue weighted by atomic mass is 10.1. The summed E-state index contributed by atoms with van der Waals surface area (Å²) < 4.78 is 0. The van der Waals surface area contributed by atoms with Gasteiger partial charge in [0.15, 0.2) is 0 Å². The molecule has 1 amide bonds. The molecule has 2 aromatic rings. The number of hydrogen-bond acceptors (Lipinski definition) is 3. The quantitative estimate of drug-likeness (QED) is 0.656. The van der Waals surface area contributed by atoms with Gasteiger partial charge in [0.2, 0.25) is 5.91 Å². The zero-order valence-corrected chi connectivity index (χ0v) is 13.5. The lowest BCUT2D eigenvalue weighted by Crippen LogP contribution is -2.13. The number of aryl methyl sites for hydroxylation is 3. The highest BCUT2D eigenvalue weighted by molar-refractivity contribution is 8.03. The second-order valence-electron chi connectivity index (χ2n) is 5.16. The maximum Gasteiger partial charge on any atom is 0.224 e. The Bertz CT molecular complexity index is 705. The molecule has 0 saturated heterocycles. The van der Waals surface area contributed by atoms with Crippen LogP contribution in [0.4, 0.5) is 5.69 Å². The molecule has 0 aliphatic carbocycles. The summed E-state index contributed by atoms with van der Waals surface area (Å²) in [5.41, 5.74) is 3.94. The van der Waals surface area contributed by atoms with Crippen molar-refractivity contribution in [1.29, 1.82) is 5.26 Å². The van der Waals surface area contributed by atoms with Crippen molar-refractivity contribution >= 4 is 23.4 Å². The summed E-state index contributed by atoms with van der Waals surface area (Å²) in [4.78, 5) is 13.0. The van der Waals surface area contributed by atoms with Gasteiger partial charge in [-0.2, -0.15) is 5.26 Å². The predicted molar refractivity (Wildman–Crippen MR) is 90.8 cm³/mol. The molecule has 2 rings (SSSR count). The second kappa shape index (κ2) is 7.67. The summed E-state index contributed by atoms with van der Waals surface area (Å²) in [5.74, 6) is 0.00652. The van der Waals surface area contributed by atoms with Gasteiger partial charge in [0.1, 0.15) is 5.40 Å². The first-order chi connectivity index (χ1) is 10.6. The third-order valence-electron chi connectivity index (χ3n) is 3.44. The van der Waals surface area contributed by atoms with E-state index < -0.39 is 0 Å². The van der Waals surface area contributed by atoms with Gasteiger partial charge >= 0.3 is 0 Å². The topological polar surface area (TPSA) is 52.9 Å². The Morgan fingerprint density at radius 1 is 1.18 bits per heavy atom. The molecule has 0 heterocycles. The van der Waals surface area contributed by atoms with Crippen LogP contribution in [0.15, 0.2) is 47.4 Å². The van der Waals surface area contributed by atoms with Crippen LogP contribution < -0.4 is 5.32 Å². The summed E-state index contributed by atoms with van der Waals surface area (Å²) in [5, 5.41) is 13.8. The van der Waals surface area contributed by atoms with Gasteiger partial charge in [-0.1, -0.05) is 30.3 Å². The smallest absolute Gasteiger partial charge is 0.224 e. The Labute approximate surface area is 135 Å². The molecule has 0 aliphatic rings. The van der Waals surface area contributed by atoms with E-state index in [0.29, 0.717) is 6.42 Å². The van der Waals surface area contributed by atoms with Crippen molar-refractivity contribution in [3.05, 3.63) is 59.2 Å². The number of amides is 1. The predicted octanol–water partition coefficient (Wildman–Crippen LogP) is 4.45. The van der Waals surface area contributed by atoms with Crippen molar-refractivity contribution < 1.29 is 4.79 Å². The standard InChI is InChI=1S/C18H18N2OS/c1-13-11-17(22-12-19)14(2)10-16(13)20-18(21)9-8-15-6-4-3-5-7-15/h3-7,10-11H,8-9H2,1-2H3,(H,20,21). The van der Waals surface area contributed by atoms with Crippen LogP contribution in [0, 0.1) is 24.5 Å². The molecule has 3 nitrogen and oxygen atoms in total. The summed E-state index contributed by atoms with van der Waals surface area (Å²) >= 11 is 1.14. The van der Waals surface area contributed by atoms with E-state index in [9.17, 15) is 4.79 Å². The third kappa shape index (κ3) is 4.37. The van der Waals surface area contributed by atoms with Gasteiger partial charge in [-0.15, -0.1) is 0 Å². The molecule has 0 fully saturated rings. The fourth-order valence-electron chi connectivity index (χ4n) is 2.20. The summed E-state index contributed by atoms with van der Waals surface area (Å²) in [6.45, 7) is 3.88. The monoisotopic (exact) mass is 310 g/mol. The fraction of sp³-hybridized carbons (Fsp3) is 0.222. The first kappa shape index (κ1) is 16.1. The van der Waals surface area contributed by atoms with Crippen LogP contribution in [-0.2, 0) is 11.2 Å². The van der Waals surface area contributed by atoms with Crippen LogP contribution in [0.2, 0.25) is 0 Å². The van der Waals surface area contributed by atoms with E-state index >= 15 is 0 Å². The van der Waals surface area contributed by atoms with Crippen LogP contribution in [0.5, 0.6) is 0 Å². The van der Waals surface area contributed by atoms with E-state index in [-0.39, 0.29) is 5.91 Å². The summed E-state index contributed by atoms with van der Waals surface area (Å²) in [6.07, 6.45) is 1.18. The minimum atomic E-state index is 0.00652. The van der Waals surface area contributed by atoms with Crippen molar-refractivity contribution in [2.24, 2.45) is 0 Å². The molecule has 4 heteroatoms. The third-order valence-corrected chi connectivity index (χ3v) is 4.19. The zero-order chi connectivity index (χ0) is 15.9. The van der Waals surface area contributed by atoms with E-state index in [1.807, 2.05) is 56.3 Å². The lowest BCUT2D eigenvalue weighted by Gasteiger charge is -2.11. The summed E-state index contributed by atoms with van der Waals surface area (Å²) in [6, 6.07) is 13.8. The highest BCUT2D eigenvalue weighted by Crippen LogP contribution is 2.27.